The molecule has 0 unspecified atom stereocenters. The first kappa shape index (κ1) is 18.7. The molecular weight excluding hydrogens is 326 g/mol. The zero-order valence-electron chi connectivity index (χ0n) is 16.4. The molecule has 1 N–H and O–H groups in total. The van der Waals surface area contributed by atoms with Gasteiger partial charge in [0.1, 0.15) is 6.54 Å². The molecule has 2 fully saturated rings. The normalized spacial score (nSPS) is 25.5. The van der Waals surface area contributed by atoms with E-state index < -0.39 is 0 Å². The van der Waals surface area contributed by atoms with E-state index in [-0.39, 0.29) is 29.9 Å². The maximum Gasteiger partial charge on any atom is 0.325 e. The smallest absolute Gasteiger partial charge is 0.325 e. The van der Waals surface area contributed by atoms with Gasteiger partial charge >= 0.3 is 6.03 Å². The lowest BCUT2D eigenvalue weighted by Gasteiger charge is -2.39. The van der Waals surface area contributed by atoms with Crippen LogP contribution in [0.25, 0.3) is 0 Å². The second-order valence-electron chi connectivity index (χ2n) is 8.87. The maximum absolute atomic E-state index is 12.6. The van der Waals surface area contributed by atoms with E-state index in [1.807, 2.05) is 31.2 Å². The molecule has 1 heterocycles. The largest absolute Gasteiger partial charge is 0.352 e. The molecule has 142 valence electrons. The summed E-state index contributed by atoms with van der Waals surface area (Å²) in [5.74, 6) is 0.577. The van der Waals surface area contributed by atoms with E-state index in [0.29, 0.717) is 19.0 Å². The van der Waals surface area contributed by atoms with Crippen LogP contribution in [0.5, 0.6) is 0 Å². The SMILES string of the molecule is Cc1ccc(N2CCN(CC(=O)N[C@@H]3C[C@@H](C)CC(C)(C)C3)C2=O)cc1. The van der Waals surface area contributed by atoms with Gasteiger partial charge in [0, 0.05) is 24.8 Å². The molecule has 0 radical (unpaired) electrons. The Morgan fingerprint density at radius 2 is 1.88 bits per heavy atom. The molecule has 3 rings (SSSR count). The van der Waals surface area contributed by atoms with Crippen LogP contribution in [0.1, 0.15) is 45.6 Å². The first-order valence-electron chi connectivity index (χ1n) is 9.66. The topological polar surface area (TPSA) is 52.6 Å². The van der Waals surface area contributed by atoms with E-state index in [1.165, 1.54) is 12.0 Å². The third-order valence-electron chi connectivity index (χ3n) is 5.53. The van der Waals surface area contributed by atoms with Gasteiger partial charge in [-0.25, -0.2) is 4.79 Å². The molecule has 0 spiro atoms. The molecule has 0 aromatic heterocycles. The zero-order valence-corrected chi connectivity index (χ0v) is 16.4. The van der Waals surface area contributed by atoms with Crippen molar-refractivity contribution in [3.8, 4) is 0 Å². The van der Waals surface area contributed by atoms with Crippen molar-refractivity contribution in [1.82, 2.24) is 10.2 Å². The highest BCUT2D eigenvalue weighted by Gasteiger charge is 2.34. The van der Waals surface area contributed by atoms with Gasteiger partial charge in [0.2, 0.25) is 5.91 Å². The number of nitrogens with zero attached hydrogens (tertiary/aromatic N) is 2. The maximum atomic E-state index is 12.6. The van der Waals surface area contributed by atoms with Crippen LogP contribution in [-0.2, 0) is 4.79 Å². The summed E-state index contributed by atoms with van der Waals surface area (Å²) < 4.78 is 0. The van der Waals surface area contributed by atoms with Crippen LogP contribution in [0.3, 0.4) is 0 Å². The second-order valence-corrected chi connectivity index (χ2v) is 8.87. The van der Waals surface area contributed by atoms with Gasteiger partial charge in [-0.3, -0.25) is 9.69 Å². The lowest BCUT2D eigenvalue weighted by molar-refractivity contribution is -0.122. The van der Waals surface area contributed by atoms with Gasteiger partial charge in [-0.05, 0) is 49.7 Å². The molecule has 1 saturated heterocycles. The summed E-state index contributed by atoms with van der Waals surface area (Å²) in [4.78, 5) is 28.5. The quantitative estimate of drug-likeness (QED) is 0.896. The number of amides is 3. The molecule has 1 aliphatic heterocycles. The minimum absolute atomic E-state index is 0.0426. The van der Waals surface area contributed by atoms with Crippen molar-refractivity contribution in [2.45, 2.75) is 53.0 Å². The van der Waals surface area contributed by atoms with Gasteiger partial charge in [0.25, 0.3) is 0 Å². The Labute approximate surface area is 156 Å². The Kier molecular flexibility index (Phi) is 5.26. The lowest BCUT2D eigenvalue weighted by atomic mass is 9.70. The van der Waals surface area contributed by atoms with Crippen LogP contribution < -0.4 is 10.2 Å². The molecule has 5 nitrogen and oxygen atoms in total. The number of carbonyl (C=O) groups excluding carboxylic acids is 2. The van der Waals surface area contributed by atoms with E-state index in [0.717, 1.165) is 18.5 Å². The van der Waals surface area contributed by atoms with Gasteiger partial charge in [0.05, 0.1) is 0 Å². The second kappa shape index (κ2) is 7.29. The summed E-state index contributed by atoms with van der Waals surface area (Å²) in [6, 6.07) is 8.06. The van der Waals surface area contributed by atoms with Crippen molar-refractivity contribution >= 4 is 17.6 Å². The van der Waals surface area contributed by atoms with Crippen molar-refractivity contribution in [3.05, 3.63) is 29.8 Å². The summed E-state index contributed by atoms with van der Waals surface area (Å²) in [5, 5.41) is 3.16. The summed E-state index contributed by atoms with van der Waals surface area (Å²) in [6.07, 6.45) is 3.24. The monoisotopic (exact) mass is 357 g/mol. The average Bonchev–Trinajstić information content (AvgIpc) is 2.87. The fraction of sp³-hybridized carbons (Fsp3) is 0.619. The fourth-order valence-electron chi connectivity index (χ4n) is 4.60. The number of benzene rings is 1. The Bertz CT molecular complexity index is 668. The number of urea groups is 1. The van der Waals surface area contributed by atoms with Gasteiger partial charge in [-0.2, -0.15) is 0 Å². The van der Waals surface area contributed by atoms with Gasteiger partial charge in [-0.1, -0.05) is 38.5 Å². The Hall–Kier alpha value is -2.04. The van der Waals surface area contributed by atoms with Crippen molar-refractivity contribution in [3.63, 3.8) is 0 Å². The fourth-order valence-corrected chi connectivity index (χ4v) is 4.60. The summed E-state index contributed by atoms with van der Waals surface area (Å²) in [7, 11) is 0. The van der Waals surface area contributed by atoms with Crippen LogP contribution in [0.2, 0.25) is 0 Å². The molecular formula is C21H31N3O2. The standard InChI is InChI=1S/C21H31N3O2/c1-15-5-7-18(8-6-15)24-10-9-23(20(24)26)14-19(25)22-17-11-16(2)12-21(3,4)13-17/h5-8,16-17H,9-14H2,1-4H3,(H,22,25)/t16-,17-/m1/s1. The summed E-state index contributed by atoms with van der Waals surface area (Å²) in [5.41, 5.74) is 2.33. The molecule has 1 aromatic rings. The highest BCUT2D eigenvalue weighted by atomic mass is 16.2. The highest BCUT2D eigenvalue weighted by molar-refractivity contribution is 5.96. The molecule has 1 aliphatic carbocycles. The molecule has 2 atom stereocenters. The summed E-state index contributed by atoms with van der Waals surface area (Å²) in [6.45, 7) is 10.2. The molecule has 0 bridgehead atoms. The van der Waals surface area contributed by atoms with E-state index >= 15 is 0 Å². The Balaban J connectivity index is 1.55. The van der Waals surface area contributed by atoms with E-state index in [4.69, 9.17) is 0 Å². The first-order chi connectivity index (χ1) is 12.2. The van der Waals surface area contributed by atoms with Gasteiger partial charge in [0.15, 0.2) is 0 Å². The lowest BCUT2D eigenvalue weighted by Crippen LogP contribution is -2.47. The Morgan fingerprint density at radius 1 is 1.19 bits per heavy atom. The Morgan fingerprint density at radius 3 is 2.54 bits per heavy atom. The van der Waals surface area contributed by atoms with Crippen LogP contribution in [0, 0.1) is 18.3 Å². The predicted octanol–water partition coefficient (Wildman–Crippen LogP) is 3.57. The number of anilines is 1. The van der Waals surface area contributed by atoms with E-state index in [9.17, 15) is 9.59 Å². The van der Waals surface area contributed by atoms with E-state index in [2.05, 4.69) is 26.1 Å². The molecule has 1 aromatic carbocycles. The number of hydrogen-bond acceptors (Lipinski definition) is 2. The minimum Gasteiger partial charge on any atom is -0.352 e. The van der Waals surface area contributed by atoms with Crippen LogP contribution in [-0.4, -0.2) is 42.5 Å². The molecule has 3 amide bonds. The minimum atomic E-state index is -0.0821. The van der Waals surface area contributed by atoms with Crippen molar-refractivity contribution < 1.29 is 9.59 Å². The van der Waals surface area contributed by atoms with Crippen LogP contribution in [0.15, 0.2) is 24.3 Å². The van der Waals surface area contributed by atoms with Crippen molar-refractivity contribution in [2.24, 2.45) is 11.3 Å². The molecule has 26 heavy (non-hydrogen) atoms. The molecule has 1 saturated carbocycles. The first-order valence-corrected chi connectivity index (χ1v) is 9.66. The number of rotatable bonds is 4. The molecule has 5 heteroatoms. The van der Waals surface area contributed by atoms with Crippen molar-refractivity contribution in [1.29, 1.82) is 0 Å². The zero-order chi connectivity index (χ0) is 18.9. The third kappa shape index (κ3) is 4.37. The number of hydrogen-bond donors (Lipinski definition) is 1. The van der Waals surface area contributed by atoms with Gasteiger partial charge in [-0.15, -0.1) is 0 Å². The number of carbonyl (C=O) groups is 2. The van der Waals surface area contributed by atoms with E-state index in [1.54, 1.807) is 9.80 Å². The van der Waals surface area contributed by atoms with Crippen molar-refractivity contribution in [2.75, 3.05) is 24.5 Å². The molecule has 2 aliphatic rings. The van der Waals surface area contributed by atoms with Gasteiger partial charge < -0.3 is 10.2 Å². The predicted molar refractivity (Wildman–Crippen MR) is 104 cm³/mol. The number of aryl methyl sites for hydroxylation is 1. The third-order valence-corrected chi connectivity index (χ3v) is 5.53. The van der Waals surface area contributed by atoms with Crippen LogP contribution in [0.4, 0.5) is 10.5 Å². The average molecular weight is 357 g/mol. The number of nitrogens with one attached hydrogen (secondary N) is 1. The highest BCUT2D eigenvalue weighted by Crippen LogP contribution is 2.38. The summed E-state index contributed by atoms with van der Waals surface area (Å²) >= 11 is 0. The van der Waals surface area contributed by atoms with Crippen LogP contribution >= 0.6 is 0 Å².